The van der Waals surface area contributed by atoms with Gasteiger partial charge < -0.3 is 10.2 Å². The molecule has 0 saturated carbocycles. The number of urea groups is 1. The van der Waals surface area contributed by atoms with Crippen molar-refractivity contribution in [1.29, 1.82) is 0 Å². The molecule has 2 heterocycles. The number of carbonyl (C=O) groups excluding carboxylic acids is 1. The van der Waals surface area contributed by atoms with Crippen molar-refractivity contribution >= 4 is 11.7 Å². The average Bonchev–Trinajstić information content (AvgIpc) is 2.49. The van der Waals surface area contributed by atoms with Gasteiger partial charge in [-0.1, -0.05) is 24.1 Å². The van der Waals surface area contributed by atoms with Crippen LogP contribution in [-0.2, 0) is 0 Å². The molecular formula is C17H25N3O. The van der Waals surface area contributed by atoms with Crippen LogP contribution in [0.5, 0.6) is 0 Å². The molecule has 1 N–H and O–H groups in total. The molecule has 1 atom stereocenters. The third-order valence-corrected chi connectivity index (χ3v) is 4.75. The number of nitrogens with one attached hydrogen (secondary N) is 1. The molecule has 2 saturated heterocycles. The maximum Gasteiger partial charge on any atom is 0.321 e. The van der Waals surface area contributed by atoms with Crippen LogP contribution in [0.1, 0.15) is 30.4 Å². The lowest BCUT2D eigenvalue weighted by atomic mass is 10.00. The Hall–Kier alpha value is -1.55. The zero-order chi connectivity index (χ0) is 14.8. The van der Waals surface area contributed by atoms with Crippen LogP contribution < -0.4 is 5.32 Å². The van der Waals surface area contributed by atoms with Crippen molar-refractivity contribution in [3.8, 4) is 0 Å². The van der Waals surface area contributed by atoms with E-state index >= 15 is 0 Å². The summed E-state index contributed by atoms with van der Waals surface area (Å²) in [6.45, 7) is 8.05. The van der Waals surface area contributed by atoms with E-state index in [4.69, 9.17) is 0 Å². The fourth-order valence-electron chi connectivity index (χ4n) is 3.49. The fraction of sp³-hybridized carbons (Fsp3) is 0.588. The van der Waals surface area contributed by atoms with E-state index in [-0.39, 0.29) is 6.03 Å². The number of piperazine rings is 1. The van der Waals surface area contributed by atoms with Crippen molar-refractivity contribution in [1.82, 2.24) is 9.80 Å². The number of amides is 2. The molecule has 0 aliphatic carbocycles. The van der Waals surface area contributed by atoms with Crippen LogP contribution in [0.15, 0.2) is 18.2 Å². The summed E-state index contributed by atoms with van der Waals surface area (Å²) in [5.41, 5.74) is 3.28. The highest BCUT2D eigenvalue weighted by Gasteiger charge is 2.31. The van der Waals surface area contributed by atoms with Gasteiger partial charge in [-0.25, -0.2) is 4.79 Å². The van der Waals surface area contributed by atoms with E-state index in [1.54, 1.807) is 0 Å². The predicted octanol–water partition coefficient (Wildman–Crippen LogP) is 3.01. The van der Waals surface area contributed by atoms with E-state index in [0.717, 1.165) is 30.9 Å². The van der Waals surface area contributed by atoms with Gasteiger partial charge in [0.25, 0.3) is 0 Å². The summed E-state index contributed by atoms with van der Waals surface area (Å²) in [6, 6.07) is 6.76. The van der Waals surface area contributed by atoms with Gasteiger partial charge in [0.2, 0.25) is 0 Å². The largest absolute Gasteiger partial charge is 0.322 e. The first kappa shape index (κ1) is 14.4. The number of hydrogen-bond donors (Lipinski definition) is 1. The van der Waals surface area contributed by atoms with Crippen molar-refractivity contribution in [2.24, 2.45) is 0 Å². The summed E-state index contributed by atoms with van der Waals surface area (Å²) in [4.78, 5) is 17.0. The Kier molecular flexibility index (Phi) is 4.15. The first-order valence-corrected chi connectivity index (χ1v) is 8.01. The zero-order valence-corrected chi connectivity index (χ0v) is 13.1. The van der Waals surface area contributed by atoms with E-state index in [1.165, 1.54) is 31.4 Å². The number of benzene rings is 1. The third kappa shape index (κ3) is 3.21. The first-order valence-electron chi connectivity index (χ1n) is 8.01. The highest BCUT2D eigenvalue weighted by atomic mass is 16.2. The molecule has 2 aliphatic rings. The van der Waals surface area contributed by atoms with Crippen LogP contribution in [0.2, 0.25) is 0 Å². The van der Waals surface area contributed by atoms with Gasteiger partial charge in [-0.2, -0.15) is 0 Å². The van der Waals surface area contributed by atoms with Gasteiger partial charge in [0.05, 0.1) is 0 Å². The quantitative estimate of drug-likeness (QED) is 0.862. The third-order valence-electron chi connectivity index (χ3n) is 4.75. The molecule has 0 radical (unpaired) electrons. The minimum Gasteiger partial charge on any atom is -0.322 e. The summed E-state index contributed by atoms with van der Waals surface area (Å²) >= 11 is 0. The second kappa shape index (κ2) is 6.06. The lowest BCUT2D eigenvalue weighted by molar-refractivity contribution is 0.0678. The summed E-state index contributed by atoms with van der Waals surface area (Å²) in [5, 5.41) is 3.07. The van der Waals surface area contributed by atoms with E-state index in [0.29, 0.717) is 6.04 Å². The van der Waals surface area contributed by atoms with Gasteiger partial charge >= 0.3 is 6.03 Å². The number of hydrogen-bond acceptors (Lipinski definition) is 2. The SMILES string of the molecule is Cc1ccc(NC(=O)N2CCN3CCCCC3C2)c(C)c1. The number of anilines is 1. The molecule has 2 amide bonds. The average molecular weight is 287 g/mol. The van der Waals surface area contributed by atoms with Gasteiger partial charge in [-0.3, -0.25) is 4.90 Å². The molecule has 3 rings (SSSR count). The molecule has 1 unspecified atom stereocenters. The fourth-order valence-corrected chi connectivity index (χ4v) is 3.49. The van der Waals surface area contributed by atoms with Crippen LogP contribution in [0, 0.1) is 13.8 Å². The number of rotatable bonds is 1. The predicted molar refractivity (Wildman–Crippen MR) is 85.7 cm³/mol. The Balaban J connectivity index is 1.63. The maximum atomic E-state index is 12.5. The zero-order valence-electron chi connectivity index (χ0n) is 13.1. The molecule has 1 aromatic rings. The van der Waals surface area contributed by atoms with Crippen molar-refractivity contribution in [2.45, 2.75) is 39.2 Å². The Morgan fingerprint density at radius 3 is 2.86 bits per heavy atom. The van der Waals surface area contributed by atoms with Crippen LogP contribution in [0.3, 0.4) is 0 Å². The lowest BCUT2D eigenvalue weighted by Gasteiger charge is -2.43. The molecule has 2 aliphatic heterocycles. The molecule has 0 spiro atoms. The molecule has 1 aromatic carbocycles. The van der Waals surface area contributed by atoms with Crippen LogP contribution >= 0.6 is 0 Å². The number of aryl methyl sites for hydroxylation is 2. The smallest absolute Gasteiger partial charge is 0.321 e. The molecule has 0 bridgehead atoms. The lowest BCUT2D eigenvalue weighted by Crippen LogP contribution is -2.56. The molecule has 0 aromatic heterocycles. The van der Waals surface area contributed by atoms with E-state index in [1.807, 2.05) is 24.0 Å². The first-order chi connectivity index (χ1) is 10.1. The monoisotopic (exact) mass is 287 g/mol. The minimum atomic E-state index is 0.0483. The Bertz CT molecular complexity index is 529. The Morgan fingerprint density at radius 1 is 1.19 bits per heavy atom. The van der Waals surface area contributed by atoms with Gasteiger partial charge in [0, 0.05) is 31.4 Å². The number of fused-ring (bicyclic) bond motifs is 1. The Labute approximate surface area is 127 Å². The Morgan fingerprint density at radius 2 is 2.05 bits per heavy atom. The van der Waals surface area contributed by atoms with Crippen molar-refractivity contribution in [2.75, 3.05) is 31.5 Å². The minimum absolute atomic E-state index is 0.0483. The van der Waals surface area contributed by atoms with Gasteiger partial charge in [-0.05, 0) is 44.9 Å². The summed E-state index contributed by atoms with van der Waals surface area (Å²) < 4.78 is 0. The van der Waals surface area contributed by atoms with Crippen LogP contribution in [0.25, 0.3) is 0 Å². The van der Waals surface area contributed by atoms with Gasteiger partial charge in [0.1, 0.15) is 0 Å². The van der Waals surface area contributed by atoms with E-state index in [9.17, 15) is 4.79 Å². The van der Waals surface area contributed by atoms with Crippen molar-refractivity contribution < 1.29 is 4.79 Å². The summed E-state index contributed by atoms with van der Waals surface area (Å²) in [5.74, 6) is 0. The van der Waals surface area contributed by atoms with Crippen LogP contribution in [-0.4, -0.2) is 48.1 Å². The van der Waals surface area contributed by atoms with Gasteiger partial charge in [0.15, 0.2) is 0 Å². The second-order valence-corrected chi connectivity index (χ2v) is 6.38. The number of carbonyl (C=O) groups is 1. The molecule has 21 heavy (non-hydrogen) atoms. The molecular weight excluding hydrogens is 262 g/mol. The number of piperidine rings is 1. The molecule has 2 fully saturated rings. The highest BCUT2D eigenvalue weighted by Crippen LogP contribution is 2.22. The highest BCUT2D eigenvalue weighted by molar-refractivity contribution is 5.90. The second-order valence-electron chi connectivity index (χ2n) is 6.38. The maximum absolute atomic E-state index is 12.5. The normalized spacial score (nSPS) is 22.8. The van der Waals surface area contributed by atoms with Gasteiger partial charge in [-0.15, -0.1) is 0 Å². The molecule has 4 heteroatoms. The molecule has 114 valence electrons. The summed E-state index contributed by atoms with van der Waals surface area (Å²) in [6.07, 6.45) is 3.84. The topological polar surface area (TPSA) is 35.6 Å². The van der Waals surface area contributed by atoms with Crippen LogP contribution in [0.4, 0.5) is 10.5 Å². The van der Waals surface area contributed by atoms with E-state index < -0.39 is 0 Å². The van der Waals surface area contributed by atoms with E-state index in [2.05, 4.69) is 23.2 Å². The molecule has 4 nitrogen and oxygen atoms in total. The number of nitrogens with zero attached hydrogens (tertiary/aromatic N) is 2. The summed E-state index contributed by atoms with van der Waals surface area (Å²) in [7, 11) is 0. The van der Waals surface area contributed by atoms with Crippen molar-refractivity contribution in [3.63, 3.8) is 0 Å². The van der Waals surface area contributed by atoms with Crippen molar-refractivity contribution in [3.05, 3.63) is 29.3 Å². The standard InChI is InChI=1S/C17H25N3O/c1-13-6-7-16(14(2)11-13)18-17(21)20-10-9-19-8-4-3-5-15(19)12-20/h6-7,11,15H,3-5,8-10,12H2,1-2H3,(H,18,21).